The molecule has 52 valence electrons. The number of carbonyl (C=O) groups is 1. The maximum Gasteiger partial charge on any atom is 0.308 e. The van der Waals surface area contributed by atoms with Gasteiger partial charge < -0.3 is 10.4 Å². The van der Waals surface area contributed by atoms with E-state index < -0.39 is 5.97 Å². The minimum Gasteiger partial charge on any atom is -0.481 e. The summed E-state index contributed by atoms with van der Waals surface area (Å²) >= 11 is 0. The minimum absolute atomic E-state index is 0.162. The number of nitrogens with one attached hydrogen (secondary N) is 1. The third-order valence-corrected chi connectivity index (χ3v) is 1.83. The Labute approximate surface area is 54.1 Å². The molecule has 0 spiro atoms. The van der Waals surface area contributed by atoms with Crippen molar-refractivity contribution in [2.45, 2.75) is 6.92 Å². The Balaban J connectivity index is 2.49. The molecule has 1 heterocycles. The van der Waals surface area contributed by atoms with Gasteiger partial charge in [0.25, 0.3) is 0 Å². The molecule has 0 saturated carbocycles. The number of carboxylic acid groups (broad SMARTS) is 1. The van der Waals surface area contributed by atoms with Crippen LogP contribution in [-0.2, 0) is 4.79 Å². The molecule has 9 heavy (non-hydrogen) atoms. The van der Waals surface area contributed by atoms with Crippen molar-refractivity contribution in [1.82, 2.24) is 5.32 Å². The molecule has 3 nitrogen and oxygen atoms in total. The van der Waals surface area contributed by atoms with E-state index in [-0.39, 0.29) is 5.92 Å². The van der Waals surface area contributed by atoms with Crippen molar-refractivity contribution in [1.29, 1.82) is 0 Å². The Kier molecular flexibility index (Phi) is 1.71. The van der Waals surface area contributed by atoms with Crippen LogP contribution in [0.5, 0.6) is 0 Å². The first-order valence-electron chi connectivity index (χ1n) is 3.15. The summed E-state index contributed by atoms with van der Waals surface area (Å²) in [7, 11) is 0. The quantitative estimate of drug-likeness (QED) is 0.521. The maximum atomic E-state index is 10.4. The molecule has 1 fully saturated rings. The smallest absolute Gasteiger partial charge is 0.308 e. The van der Waals surface area contributed by atoms with Crippen molar-refractivity contribution >= 4 is 5.97 Å². The van der Waals surface area contributed by atoms with E-state index in [4.69, 9.17) is 5.11 Å². The zero-order chi connectivity index (χ0) is 6.85. The van der Waals surface area contributed by atoms with Crippen LogP contribution >= 0.6 is 0 Å². The minimum atomic E-state index is -0.674. The molecule has 1 saturated heterocycles. The highest BCUT2D eigenvalue weighted by molar-refractivity contribution is 5.71. The van der Waals surface area contributed by atoms with Crippen molar-refractivity contribution < 1.29 is 9.90 Å². The lowest BCUT2D eigenvalue weighted by molar-refractivity contribution is -0.142. The summed E-state index contributed by atoms with van der Waals surface area (Å²) in [4.78, 5) is 10.4. The first-order valence-corrected chi connectivity index (χ1v) is 3.15. The predicted octanol–water partition coefficient (Wildman–Crippen LogP) is -0.0735. The topological polar surface area (TPSA) is 49.3 Å². The highest BCUT2D eigenvalue weighted by atomic mass is 16.4. The fourth-order valence-corrected chi connectivity index (χ4v) is 1.14. The van der Waals surface area contributed by atoms with Gasteiger partial charge in [-0.3, -0.25) is 4.79 Å². The van der Waals surface area contributed by atoms with Crippen LogP contribution < -0.4 is 5.32 Å². The van der Waals surface area contributed by atoms with E-state index in [1.165, 1.54) is 0 Å². The first-order chi connectivity index (χ1) is 4.22. The number of rotatable bonds is 1. The Morgan fingerprint density at radius 2 is 2.33 bits per heavy atom. The summed E-state index contributed by atoms with van der Waals surface area (Å²) in [6, 6.07) is 0. The van der Waals surface area contributed by atoms with Crippen LogP contribution in [0, 0.1) is 11.8 Å². The van der Waals surface area contributed by atoms with Gasteiger partial charge in [-0.15, -0.1) is 0 Å². The molecule has 0 aromatic carbocycles. The summed E-state index contributed by atoms with van der Waals surface area (Å²) in [5.41, 5.74) is 0. The molecule has 1 rings (SSSR count). The van der Waals surface area contributed by atoms with Crippen LogP contribution in [0.25, 0.3) is 0 Å². The molecule has 0 radical (unpaired) electrons. The van der Waals surface area contributed by atoms with Crippen LogP contribution in [-0.4, -0.2) is 24.2 Å². The lowest BCUT2D eigenvalue weighted by atomic mass is 9.99. The first kappa shape index (κ1) is 6.55. The van der Waals surface area contributed by atoms with Crippen molar-refractivity contribution in [2.75, 3.05) is 13.1 Å². The van der Waals surface area contributed by atoms with Crippen LogP contribution in [0.3, 0.4) is 0 Å². The predicted molar refractivity (Wildman–Crippen MR) is 33.2 cm³/mol. The Bertz CT molecular complexity index is 124. The zero-order valence-corrected chi connectivity index (χ0v) is 5.42. The highest BCUT2D eigenvalue weighted by Crippen LogP contribution is 2.14. The normalized spacial score (nSPS) is 34.8. The van der Waals surface area contributed by atoms with E-state index >= 15 is 0 Å². The molecule has 3 heteroatoms. The van der Waals surface area contributed by atoms with Gasteiger partial charge in [0.2, 0.25) is 0 Å². The summed E-state index contributed by atoms with van der Waals surface area (Å²) in [5.74, 6) is -0.542. The molecule has 0 aromatic heterocycles. The van der Waals surface area contributed by atoms with E-state index in [0.29, 0.717) is 12.5 Å². The van der Waals surface area contributed by atoms with Crippen LogP contribution in [0.4, 0.5) is 0 Å². The standard InChI is InChI=1S/C6H11NO2/c1-4-2-7-3-5(4)6(8)9/h4-5,7H,2-3H2,1H3,(H,8,9)/t4-,5?/m0/s1. The van der Waals surface area contributed by atoms with Gasteiger partial charge in [0.15, 0.2) is 0 Å². The molecule has 1 aliphatic rings. The molecule has 0 bridgehead atoms. The monoisotopic (exact) mass is 129 g/mol. The van der Waals surface area contributed by atoms with Crippen molar-refractivity contribution in [2.24, 2.45) is 11.8 Å². The zero-order valence-electron chi connectivity index (χ0n) is 5.42. The molecule has 0 aliphatic carbocycles. The fraction of sp³-hybridized carbons (Fsp3) is 0.833. The Hall–Kier alpha value is -0.570. The van der Waals surface area contributed by atoms with Gasteiger partial charge in [0, 0.05) is 6.54 Å². The lowest BCUT2D eigenvalue weighted by Crippen LogP contribution is -2.20. The summed E-state index contributed by atoms with van der Waals surface area (Å²) in [5, 5.41) is 11.6. The molecule has 1 unspecified atom stereocenters. The molecule has 2 N–H and O–H groups in total. The van der Waals surface area contributed by atoms with E-state index in [1.54, 1.807) is 0 Å². The van der Waals surface area contributed by atoms with E-state index in [9.17, 15) is 4.79 Å². The van der Waals surface area contributed by atoms with E-state index in [1.807, 2.05) is 6.92 Å². The molecule has 0 aromatic rings. The fourth-order valence-electron chi connectivity index (χ4n) is 1.14. The van der Waals surface area contributed by atoms with Gasteiger partial charge >= 0.3 is 5.97 Å². The molecule has 0 amide bonds. The van der Waals surface area contributed by atoms with Crippen LogP contribution in [0.15, 0.2) is 0 Å². The molecular weight excluding hydrogens is 118 g/mol. The second-order valence-electron chi connectivity index (χ2n) is 2.58. The number of hydrogen-bond donors (Lipinski definition) is 2. The number of carboxylic acids is 1. The molecule has 1 aliphatic heterocycles. The van der Waals surface area contributed by atoms with Gasteiger partial charge in [-0.1, -0.05) is 6.92 Å². The van der Waals surface area contributed by atoms with Crippen LogP contribution in [0.2, 0.25) is 0 Å². The van der Waals surface area contributed by atoms with Gasteiger partial charge in [-0.2, -0.15) is 0 Å². The maximum absolute atomic E-state index is 10.4. The SMILES string of the molecule is C[C@H]1CNCC1C(=O)O. The lowest BCUT2D eigenvalue weighted by Gasteiger charge is -2.05. The second-order valence-corrected chi connectivity index (χ2v) is 2.58. The summed E-state index contributed by atoms with van der Waals surface area (Å²) in [6.07, 6.45) is 0. The van der Waals surface area contributed by atoms with Gasteiger partial charge in [0.05, 0.1) is 5.92 Å². The molecular formula is C6H11NO2. The third-order valence-electron chi connectivity index (χ3n) is 1.83. The van der Waals surface area contributed by atoms with E-state index in [0.717, 1.165) is 6.54 Å². The van der Waals surface area contributed by atoms with Crippen LogP contribution in [0.1, 0.15) is 6.92 Å². The number of hydrogen-bond acceptors (Lipinski definition) is 2. The largest absolute Gasteiger partial charge is 0.481 e. The second kappa shape index (κ2) is 2.35. The highest BCUT2D eigenvalue weighted by Gasteiger charge is 2.28. The third kappa shape index (κ3) is 1.21. The summed E-state index contributed by atoms with van der Waals surface area (Å²) in [6.45, 7) is 3.44. The van der Waals surface area contributed by atoms with E-state index in [2.05, 4.69) is 5.32 Å². The Morgan fingerprint density at radius 1 is 1.67 bits per heavy atom. The average Bonchev–Trinajstić information content (AvgIpc) is 2.13. The molecule has 2 atom stereocenters. The summed E-state index contributed by atoms with van der Waals surface area (Å²) < 4.78 is 0. The van der Waals surface area contributed by atoms with Crippen molar-refractivity contribution in [3.63, 3.8) is 0 Å². The van der Waals surface area contributed by atoms with Crippen molar-refractivity contribution in [3.05, 3.63) is 0 Å². The average molecular weight is 129 g/mol. The number of aliphatic carboxylic acids is 1. The van der Waals surface area contributed by atoms with Gasteiger partial charge in [-0.05, 0) is 12.5 Å². The van der Waals surface area contributed by atoms with Crippen molar-refractivity contribution in [3.8, 4) is 0 Å². The Morgan fingerprint density at radius 3 is 2.56 bits per heavy atom. The van der Waals surface area contributed by atoms with Gasteiger partial charge in [-0.25, -0.2) is 0 Å². The van der Waals surface area contributed by atoms with Gasteiger partial charge in [0.1, 0.15) is 0 Å².